The van der Waals surface area contributed by atoms with Gasteiger partial charge in [-0.2, -0.15) is 5.26 Å². The number of rotatable bonds is 0. The molecule has 0 spiro atoms. The van der Waals surface area contributed by atoms with Crippen molar-refractivity contribution in [1.29, 1.82) is 5.26 Å². The van der Waals surface area contributed by atoms with Crippen LogP contribution in [0.15, 0.2) is 0 Å². The second kappa shape index (κ2) is 3.65. The number of carbonyl (C=O) groups excluding carboxylic acids is 1. The van der Waals surface area contributed by atoms with Gasteiger partial charge in [0.2, 0.25) is 0 Å². The Morgan fingerprint density at radius 2 is 2.12 bits per heavy atom. The Bertz CT molecular complexity index is 340. The molecule has 1 heterocycles. The predicted molar refractivity (Wildman–Crippen MR) is 58.6 cm³/mol. The molecule has 0 aromatic heterocycles. The zero-order chi connectivity index (χ0) is 11.9. The van der Waals surface area contributed by atoms with Crippen molar-refractivity contribution in [3.63, 3.8) is 0 Å². The lowest BCUT2D eigenvalue weighted by molar-refractivity contribution is 0.0175. The Kier molecular flexibility index (Phi) is 2.57. The van der Waals surface area contributed by atoms with Crippen LogP contribution in [0.1, 0.15) is 33.6 Å². The van der Waals surface area contributed by atoms with Crippen molar-refractivity contribution in [2.75, 3.05) is 6.54 Å². The molecule has 1 aliphatic carbocycles. The average molecular weight is 222 g/mol. The molecule has 2 fully saturated rings. The van der Waals surface area contributed by atoms with Gasteiger partial charge in [-0.15, -0.1) is 0 Å². The maximum absolute atomic E-state index is 11.9. The van der Waals surface area contributed by atoms with Gasteiger partial charge < -0.3 is 9.64 Å². The zero-order valence-corrected chi connectivity index (χ0v) is 10.1. The Hall–Kier alpha value is -1.24. The summed E-state index contributed by atoms with van der Waals surface area (Å²) in [6.45, 7) is 6.31. The molecule has 0 N–H and O–H groups in total. The molecule has 4 heteroatoms. The summed E-state index contributed by atoms with van der Waals surface area (Å²) < 4.78 is 5.35. The van der Waals surface area contributed by atoms with Gasteiger partial charge in [-0.3, -0.25) is 0 Å². The molecule has 1 saturated carbocycles. The monoisotopic (exact) mass is 222 g/mol. The second-order valence-corrected chi connectivity index (χ2v) is 5.75. The fraction of sp³-hybridized carbons (Fsp3) is 0.833. The van der Waals surface area contributed by atoms with Crippen LogP contribution in [0, 0.1) is 23.2 Å². The van der Waals surface area contributed by atoms with Crippen LogP contribution in [-0.2, 0) is 4.74 Å². The van der Waals surface area contributed by atoms with Crippen molar-refractivity contribution in [3.05, 3.63) is 0 Å². The van der Waals surface area contributed by atoms with Gasteiger partial charge in [0.25, 0.3) is 0 Å². The quantitative estimate of drug-likeness (QED) is 0.631. The number of carbonyl (C=O) groups is 1. The maximum Gasteiger partial charge on any atom is 0.410 e. The third-order valence-corrected chi connectivity index (χ3v) is 3.34. The number of nitrogens with zero attached hydrogens (tertiary/aromatic N) is 2. The minimum atomic E-state index is -0.437. The predicted octanol–water partition coefficient (Wildman–Crippen LogP) is 2.16. The van der Waals surface area contributed by atoms with E-state index >= 15 is 0 Å². The Balaban J connectivity index is 1.96. The molecule has 0 unspecified atom stereocenters. The number of likely N-dealkylation sites (tertiary alicyclic amines) is 1. The molecular formula is C12H18N2O2. The Morgan fingerprint density at radius 1 is 1.44 bits per heavy atom. The molecule has 1 aliphatic heterocycles. The van der Waals surface area contributed by atoms with Crippen molar-refractivity contribution in [2.45, 2.75) is 45.3 Å². The highest BCUT2D eigenvalue weighted by Crippen LogP contribution is 2.42. The molecular weight excluding hydrogens is 204 g/mol. The zero-order valence-electron chi connectivity index (χ0n) is 10.1. The normalized spacial score (nSPS) is 32.6. The minimum Gasteiger partial charge on any atom is -0.444 e. The highest BCUT2D eigenvalue weighted by molar-refractivity contribution is 5.69. The van der Waals surface area contributed by atoms with Crippen LogP contribution in [0.4, 0.5) is 4.79 Å². The number of hydrogen-bond donors (Lipinski definition) is 0. The van der Waals surface area contributed by atoms with E-state index in [4.69, 9.17) is 10.00 Å². The average Bonchev–Trinajstić information content (AvgIpc) is 2.72. The van der Waals surface area contributed by atoms with E-state index in [2.05, 4.69) is 6.07 Å². The van der Waals surface area contributed by atoms with Gasteiger partial charge in [0.05, 0.1) is 12.0 Å². The van der Waals surface area contributed by atoms with Gasteiger partial charge in [-0.1, -0.05) is 0 Å². The lowest BCUT2D eigenvalue weighted by atomic mass is 9.96. The first-order valence-corrected chi connectivity index (χ1v) is 5.80. The number of nitriles is 1. The molecule has 88 valence electrons. The molecule has 0 aromatic carbocycles. The van der Waals surface area contributed by atoms with Gasteiger partial charge in [0.1, 0.15) is 5.60 Å². The van der Waals surface area contributed by atoms with Crippen LogP contribution >= 0.6 is 0 Å². The highest BCUT2D eigenvalue weighted by Gasteiger charge is 2.47. The van der Waals surface area contributed by atoms with E-state index in [9.17, 15) is 4.79 Å². The van der Waals surface area contributed by atoms with Gasteiger partial charge in [0.15, 0.2) is 0 Å². The van der Waals surface area contributed by atoms with E-state index in [0.717, 1.165) is 12.8 Å². The number of fused-ring (bicyclic) bond motifs is 2. The van der Waals surface area contributed by atoms with Crippen LogP contribution in [0.5, 0.6) is 0 Å². The second-order valence-electron chi connectivity index (χ2n) is 5.75. The summed E-state index contributed by atoms with van der Waals surface area (Å²) in [4.78, 5) is 13.7. The van der Waals surface area contributed by atoms with Crippen LogP contribution in [0.25, 0.3) is 0 Å². The summed E-state index contributed by atoms with van der Waals surface area (Å²) in [6.07, 6.45) is 1.56. The van der Waals surface area contributed by atoms with Crippen LogP contribution < -0.4 is 0 Å². The van der Waals surface area contributed by atoms with E-state index in [1.54, 1.807) is 4.90 Å². The summed E-state index contributed by atoms with van der Waals surface area (Å²) in [6, 6.07) is 2.55. The molecule has 4 nitrogen and oxygen atoms in total. The highest BCUT2D eigenvalue weighted by atomic mass is 16.6. The van der Waals surface area contributed by atoms with E-state index in [1.165, 1.54) is 0 Å². The number of hydrogen-bond acceptors (Lipinski definition) is 3. The Labute approximate surface area is 96.2 Å². The van der Waals surface area contributed by atoms with Crippen LogP contribution in [-0.4, -0.2) is 29.2 Å². The SMILES string of the molecule is CC(C)(C)OC(=O)N1C[C@@H]2C[C@H]1C[C@@H]2C#N. The van der Waals surface area contributed by atoms with Gasteiger partial charge in [-0.05, 0) is 39.5 Å². The number of amides is 1. The fourth-order valence-electron chi connectivity index (χ4n) is 2.66. The summed E-state index contributed by atoms with van der Waals surface area (Å²) in [5.74, 6) is 0.506. The van der Waals surface area contributed by atoms with Gasteiger partial charge in [-0.25, -0.2) is 4.79 Å². The number of ether oxygens (including phenoxy) is 1. The molecule has 16 heavy (non-hydrogen) atoms. The molecule has 0 aromatic rings. The van der Waals surface area contributed by atoms with Crippen molar-refractivity contribution in [2.24, 2.45) is 11.8 Å². The summed E-state index contributed by atoms with van der Waals surface area (Å²) in [5.41, 5.74) is -0.437. The first kappa shape index (κ1) is 11.3. The third kappa shape index (κ3) is 1.99. The van der Waals surface area contributed by atoms with E-state index in [0.29, 0.717) is 12.5 Å². The van der Waals surface area contributed by atoms with Gasteiger partial charge in [0, 0.05) is 12.6 Å². The van der Waals surface area contributed by atoms with E-state index < -0.39 is 5.60 Å². The molecule has 2 aliphatic rings. The van der Waals surface area contributed by atoms with Crippen molar-refractivity contribution in [3.8, 4) is 6.07 Å². The molecule has 1 saturated heterocycles. The molecule has 3 atom stereocenters. The first-order valence-electron chi connectivity index (χ1n) is 5.80. The standard InChI is InChI=1S/C12H18N2O2/c1-12(2,3)16-11(15)14-7-9-5-10(14)4-8(9)6-13/h8-10H,4-5,7H2,1-3H3/t8-,9+,10-/m1/s1. The summed E-state index contributed by atoms with van der Waals surface area (Å²) >= 11 is 0. The van der Waals surface area contributed by atoms with Crippen LogP contribution in [0.3, 0.4) is 0 Å². The topological polar surface area (TPSA) is 53.3 Å². The maximum atomic E-state index is 11.9. The van der Waals surface area contributed by atoms with Crippen molar-refractivity contribution >= 4 is 6.09 Å². The minimum absolute atomic E-state index is 0.142. The van der Waals surface area contributed by atoms with Crippen molar-refractivity contribution in [1.82, 2.24) is 4.90 Å². The fourth-order valence-corrected chi connectivity index (χ4v) is 2.66. The molecule has 2 rings (SSSR count). The lowest BCUT2D eigenvalue weighted by Gasteiger charge is -2.31. The largest absolute Gasteiger partial charge is 0.444 e. The molecule has 2 bridgehead atoms. The molecule has 1 amide bonds. The number of piperidine rings is 1. The van der Waals surface area contributed by atoms with Gasteiger partial charge >= 0.3 is 6.09 Å². The van der Waals surface area contributed by atoms with Crippen molar-refractivity contribution < 1.29 is 9.53 Å². The first-order chi connectivity index (χ1) is 7.40. The van der Waals surface area contributed by atoms with E-state index in [1.807, 2.05) is 20.8 Å². The van der Waals surface area contributed by atoms with Crippen LogP contribution in [0.2, 0.25) is 0 Å². The lowest BCUT2D eigenvalue weighted by Crippen LogP contribution is -2.42. The smallest absolute Gasteiger partial charge is 0.410 e. The summed E-state index contributed by atoms with van der Waals surface area (Å²) in [5, 5.41) is 8.91. The van der Waals surface area contributed by atoms with E-state index in [-0.39, 0.29) is 18.1 Å². The Morgan fingerprint density at radius 3 is 2.56 bits per heavy atom. The third-order valence-electron chi connectivity index (χ3n) is 3.34. The molecule has 0 radical (unpaired) electrons. The summed E-state index contributed by atoms with van der Waals surface area (Å²) in [7, 11) is 0.